The van der Waals surface area contributed by atoms with Gasteiger partial charge in [0.25, 0.3) is 0 Å². The molecule has 18 heavy (non-hydrogen) atoms. The van der Waals surface area contributed by atoms with Crippen LogP contribution in [0.3, 0.4) is 0 Å². The molecule has 2 saturated heterocycles. The van der Waals surface area contributed by atoms with Crippen LogP contribution in [0.4, 0.5) is 0 Å². The van der Waals surface area contributed by atoms with Crippen LogP contribution < -0.4 is 5.32 Å². The molecule has 4 atom stereocenters. The van der Waals surface area contributed by atoms with E-state index in [4.69, 9.17) is 4.52 Å². The van der Waals surface area contributed by atoms with Gasteiger partial charge in [-0.3, -0.25) is 0 Å². The summed E-state index contributed by atoms with van der Waals surface area (Å²) in [4.78, 5) is 4.60. The van der Waals surface area contributed by atoms with E-state index in [1.54, 1.807) is 0 Å². The third kappa shape index (κ3) is 2.56. The second kappa shape index (κ2) is 5.43. The van der Waals surface area contributed by atoms with Crippen LogP contribution in [0.15, 0.2) is 4.52 Å². The Bertz CT molecular complexity index is 406. The number of hydrogen-bond acceptors (Lipinski definition) is 6. The molecule has 4 nitrogen and oxygen atoms in total. The van der Waals surface area contributed by atoms with Crippen molar-refractivity contribution in [1.29, 1.82) is 0 Å². The molecule has 4 unspecified atom stereocenters. The van der Waals surface area contributed by atoms with Crippen LogP contribution in [-0.2, 0) is 0 Å². The molecule has 0 aliphatic carbocycles. The summed E-state index contributed by atoms with van der Waals surface area (Å²) in [6.07, 6.45) is 2.31. The van der Waals surface area contributed by atoms with Crippen molar-refractivity contribution in [2.45, 2.75) is 48.5 Å². The normalized spacial score (nSPS) is 37.0. The van der Waals surface area contributed by atoms with Gasteiger partial charge in [0.05, 0.1) is 11.3 Å². The molecule has 3 rings (SSSR count). The summed E-state index contributed by atoms with van der Waals surface area (Å²) in [6, 6.07) is 0.281. The fourth-order valence-corrected chi connectivity index (χ4v) is 5.17. The van der Waals surface area contributed by atoms with Gasteiger partial charge in [-0.25, -0.2) is 0 Å². The molecule has 1 N–H and O–H groups in total. The molecule has 100 valence electrons. The zero-order valence-electron chi connectivity index (χ0n) is 10.8. The molecule has 0 spiro atoms. The van der Waals surface area contributed by atoms with Crippen molar-refractivity contribution in [3.63, 3.8) is 0 Å². The van der Waals surface area contributed by atoms with E-state index in [-0.39, 0.29) is 6.04 Å². The van der Waals surface area contributed by atoms with Crippen molar-refractivity contribution in [1.82, 2.24) is 15.5 Å². The van der Waals surface area contributed by atoms with Gasteiger partial charge >= 0.3 is 0 Å². The van der Waals surface area contributed by atoms with E-state index < -0.39 is 0 Å². The Balaban J connectivity index is 1.69. The predicted molar refractivity (Wildman–Crippen MR) is 76.0 cm³/mol. The van der Waals surface area contributed by atoms with Crippen molar-refractivity contribution in [3.05, 3.63) is 11.7 Å². The van der Waals surface area contributed by atoms with Gasteiger partial charge in [-0.2, -0.15) is 16.7 Å². The average molecular weight is 285 g/mol. The Morgan fingerprint density at radius 2 is 2.22 bits per heavy atom. The number of nitrogens with zero attached hydrogens (tertiary/aromatic N) is 2. The van der Waals surface area contributed by atoms with Gasteiger partial charge in [-0.05, 0) is 19.4 Å². The summed E-state index contributed by atoms with van der Waals surface area (Å²) in [7, 11) is 0. The van der Waals surface area contributed by atoms with Gasteiger partial charge in [0.2, 0.25) is 5.89 Å². The predicted octanol–water partition coefficient (Wildman–Crippen LogP) is 2.79. The van der Waals surface area contributed by atoms with E-state index in [9.17, 15) is 0 Å². The van der Waals surface area contributed by atoms with E-state index in [1.807, 2.05) is 23.5 Å². The van der Waals surface area contributed by atoms with Crippen LogP contribution in [-0.4, -0.2) is 32.9 Å². The zero-order valence-corrected chi connectivity index (χ0v) is 12.4. The highest BCUT2D eigenvalue weighted by Gasteiger charge is 2.31. The van der Waals surface area contributed by atoms with E-state index in [0.717, 1.165) is 30.4 Å². The first-order valence-corrected chi connectivity index (χ1v) is 8.57. The van der Waals surface area contributed by atoms with E-state index in [1.165, 1.54) is 6.42 Å². The van der Waals surface area contributed by atoms with Gasteiger partial charge in [-0.1, -0.05) is 19.0 Å². The summed E-state index contributed by atoms with van der Waals surface area (Å²) >= 11 is 3.99. The van der Waals surface area contributed by atoms with Crippen LogP contribution in [0, 0.1) is 0 Å². The molecule has 6 heteroatoms. The summed E-state index contributed by atoms with van der Waals surface area (Å²) in [5.74, 6) is 2.75. The van der Waals surface area contributed by atoms with Gasteiger partial charge in [0.15, 0.2) is 5.82 Å². The Morgan fingerprint density at radius 3 is 2.94 bits per heavy atom. The molecule has 2 aliphatic rings. The molecule has 0 amide bonds. The maximum absolute atomic E-state index is 5.42. The van der Waals surface area contributed by atoms with Crippen molar-refractivity contribution in [3.8, 4) is 0 Å². The number of aromatic nitrogens is 2. The summed E-state index contributed by atoms with van der Waals surface area (Å²) in [5, 5.41) is 9.34. The van der Waals surface area contributed by atoms with Gasteiger partial charge in [0.1, 0.15) is 0 Å². The highest BCUT2D eigenvalue weighted by atomic mass is 32.2. The third-order valence-corrected chi connectivity index (χ3v) is 7.04. The Hall–Kier alpha value is -0.200. The molecule has 1 aromatic rings. The first kappa shape index (κ1) is 12.8. The molecule has 0 saturated carbocycles. The lowest BCUT2D eigenvalue weighted by Crippen LogP contribution is -2.22. The summed E-state index contributed by atoms with van der Waals surface area (Å²) in [5.41, 5.74) is 0. The highest BCUT2D eigenvalue weighted by Crippen LogP contribution is 2.43. The molecular formula is C12H19N3OS2. The molecule has 1 aromatic heterocycles. The minimum atomic E-state index is 0.281. The van der Waals surface area contributed by atoms with Crippen LogP contribution in [0.5, 0.6) is 0 Å². The van der Waals surface area contributed by atoms with Crippen molar-refractivity contribution in [2.75, 3.05) is 12.3 Å². The number of rotatable bonds is 2. The minimum absolute atomic E-state index is 0.281. The lowest BCUT2D eigenvalue weighted by molar-refractivity contribution is 0.341. The van der Waals surface area contributed by atoms with Crippen LogP contribution in [0.2, 0.25) is 0 Å². The van der Waals surface area contributed by atoms with Crippen LogP contribution in [0.1, 0.15) is 49.7 Å². The fourth-order valence-electron chi connectivity index (χ4n) is 2.33. The molecule has 2 fully saturated rings. The second-order valence-corrected chi connectivity index (χ2v) is 8.00. The van der Waals surface area contributed by atoms with Gasteiger partial charge in [-0.15, -0.1) is 11.8 Å². The quantitative estimate of drug-likeness (QED) is 0.902. The summed E-state index contributed by atoms with van der Waals surface area (Å²) in [6.45, 7) is 5.64. The molecule has 0 radical (unpaired) electrons. The van der Waals surface area contributed by atoms with E-state index in [2.05, 4.69) is 29.3 Å². The molecule has 2 aliphatic heterocycles. The largest absolute Gasteiger partial charge is 0.338 e. The molecular weight excluding hydrogens is 266 g/mol. The Labute approximate surface area is 116 Å². The van der Waals surface area contributed by atoms with E-state index >= 15 is 0 Å². The SMILES string of the molecule is CC1SCC(c2noc(C3CCCN3)n2)SC1C. The topological polar surface area (TPSA) is 51.0 Å². The lowest BCUT2D eigenvalue weighted by atomic mass is 10.2. The minimum Gasteiger partial charge on any atom is -0.338 e. The maximum atomic E-state index is 5.42. The Morgan fingerprint density at radius 1 is 1.33 bits per heavy atom. The second-order valence-electron chi connectivity index (χ2n) is 5.01. The molecule has 0 bridgehead atoms. The first-order chi connectivity index (χ1) is 8.74. The van der Waals surface area contributed by atoms with Crippen molar-refractivity contribution < 1.29 is 4.52 Å². The van der Waals surface area contributed by atoms with Gasteiger partial charge in [0, 0.05) is 16.3 Å². The van der Waals surface area contributed by atoms with E-state index in [0.29, 0.717) is 15.7 Å². The highest BCUT2D eigenvalue weighted by molar-refractivity contribution is 8.07. The maximum Gasteiger partial charge on any atom is 0.243 e. The monoisotopic (exact) mass is 285 g/mol. The van der Waals surface area contributed by atoms with Crippen molar-refractivity contribution in [2.24, 2.45) is 0 Å². The zero-order chi connectivity index (χ0) is 12.5. The Kier molecular flexibility index (Phi) is 3.86. The lowest BCUT2D eigenvalue weighted by Gasteiger charge is -2.29. The summed E-state index contributed by atoms with van der Waals surface area (Å²) < 4.78 is 5.42. The molecule has 3 heterocycles. The van der Waals surface area contributed by atoms with Crippen LogP contribution in [0.25, 0.3) is 0 Å². The fraction of sp³-hybridized carbons (Fsp3) is 0.833. The number of thioether (sulfide) groups is 2. The standard InChI is InChI=1S/C12H19N3OS2/c1-7-8(2)18-10(6-17-7)11-14-12(16-15-11)9-4-3-5-13-9/h7-10,13H,3-6H2,1-2H3. The van der Waals surface area contributed by atoms with Crippen molar-refractivity contribution >= 4 is 23.5 Å². The number of hydrogen-bond donors (Lipinski definition) is 1. The first-order valence-electron chi connectivity index (χ1n) is 6.58. The third-order valence-electron chi connectivity index (χ3n) is 3.65. The molecule has 0 aromatic carbocycles. The van der Waals surface area contributed by atoms with Gasteiger partial charge < -0.3 is 9.84 Å². The smallest absolute Gasteiger partial charge is 0.243 e. The number of nitrogens with one attached hydrogen (secondary N) is 1. The average Bonchev–Trinajstić information content (AvgIpc) is 3.01. The van der Waals surface area contributed by atoms with Crippen LogP contribution >= 0.6 is 23.5 Å².